The van der Waals surface area contributed by atoms with Crippen molar-refractivity contribution < 1.29 is 19.4 Å². The van der Waals surface area contributed by atoms with Crippen molar-refractivity contribution in [2.45, 2.75) is 39.8 Å². The zero-order valence-electron chi connectivity index (χ0n) is 16.5. The molecule has 0 saturated carbocycles. The van der Waals surface area contributed by atoms with Gasteiger partial charge in [0.05, 0.1) is 19.1 Å². The van der Waals surface area contributed by atoms with Crippen molar-refractivity contribution in [1.29, 1.82) is 0 Å². The molecule has 7 heteroatoms. The summed E-state index contributed by atoms with van der Waals surface area (Å²) in [7, 11) is 0. The van der Waals surface area contributed by atoms with Gasteiger partial charge < -0.3 is 20.5 Å². The minimum atomic E-state index is -0.523. The summed E-state index contributed by atoms with van der Waals surface area (Å²) in [4.78, 5) is 26.8. The van der Waals surface area contributed by atoms with Crippen molar-refractivity contribution in [2.24, 2.45) is 5.41 Å². The first kappa shape index (κ1) is 21.2. The van der Waals surface area contributed by atoms with Gasteiger partial charge in [-0.15, -0.1) is 0 Å². The topological polar surface area (TPSA) is 90.9 Å². The van der Waals surface area contributed by atoms with Gasteiger partial charge in [0, 0.05) is 43.8 Å². The lowest BCUT2D eigenvalue weighted by Gasteiger charge is -2.35. The molecule has 150 valence electrons. The molecule has 27 heavy (non-hydrogen) atoms. The van der Waals surface area contributed by atoms with E-state index in [2.05, 4.69) is 10.6 Å². The maximum atomic E-state index is 12.4. The van der Waals surface area contributed by atoms with Gasteiger partial charge in [0.15, 0.2) is 0 Å². The smallest absolute Gasteiger partial charge is 0.237 e. The Morgan fingerprint density at radius 1 is 1.41 bits per heavy atom. The number of rotatable bonds is 9. The molecule has 0 aliphatic carbocycles. The highest BCUT2D eigenvalue weighted by atomic mass is 16.5. The van der Waals surface area contributed by atoms with E-state index in [0.717, 1.165) is 11.3 Å². The van der Waals surface area contributed by atoms with Gasteiger partial charge >= 0.3 is 0 Å². The van der Waals surface area contributed by atoms with Crippen LogP contribution in [0, 0.1) is 5.41 Å². The van der Waals surface area contributed by atoms with Gasteiger partial charge in [0.2, 0.25) is 11.8 Å². The Morgan fingerprint density at radius 3 is 2.85 bits per heavy atom. The fraction of sp³-hybridized carbons (Fsp3) is 0.600. The average molecular weight is 377 g/mol. The second-order valence-electron chi connectivity index (χ2n) is 7.62. The van der Waals surface area contributed by atoms with E-state index in [1.165, 1.54) is 0 Å². The van der Waals surface area contributed by atoms with Gasteiger partial charge in [-0.2, -0.15) is 0 Å². The summed E-state index contributed by atoms with van der Waals surface area (Å²) >= 11 is 0. The lowest BCUT2D eigenvalue weighted by molar-refractivity contribution is -0.134. The molecule has 1 aromatic carbocycles. The van der Waals surface area contributed by atoms with Gasteiger partial charge in [-0.05, 0) is 13.0 Å². The third-order valence-corrected chi connectivity index (χ3v) is 4.66. The number of aliphatic hydroxyl groups is 1. The number of carbonyl (C=O) groups excluding carboxylic acids is 2. The Kier molecular flexibility index (Phi) is 7.62. The van der Waals surface area contributed by atoms with Crippen LogP contribution in [0.25, 0.3) is 0 Å². The summed E-state index contributed by atoms with van der Waals surface area (Å²) in [6.45, 7) is 8.38. The molecule has 3 N–H and O–H groups in total. The Morgan fingerprint density at radius 2 is 2.15 bits per heavy atom. The summed E-state index contributed by atoms with van der Waals surface area (Å²) in [5.41, 5.74) is 0.613. The first-order valence-corrected chi connectivity index (χ1v) is 9.46. The highest BCUT2D eigenvalue weighted by molar-refractivity contribution is 5.88. The van der Waals surface area contributed by atoms with Crippen molar-refractivity contribution in [2.75, 3.05) is 32.8 Å². The summed E-state index contributed by atoms with van der Waals surface area (Å²) < 4.78 is 5.68. The number of nitrogens with one attached hydrogen (secondary N) is 2. The van der Waals surface area contributed by atoms with Crippen molar-refractivity contribution in [3.8, 4) is 5.75 Å². The van der Waals surface area contributed by atoms with Crippen LogP contribution in [0.1, 0.15) is 32.8 Å². The molecule has 2 amide bonds. The second-order valence-corrected chi connectivity index (χ2v) is 7.62. The number of nitrogens with zero attached hydrogens (tertiary/aromatic N) is 1. The maximum Gasteiger partial charge on any atom is 0.237 e. The van der Waals surface area contributed by atoms with Crippen molar-refractivity contribution in [3.63, 3.8) is 0 Å². The van der Waals surface area contributed by atoms with Crippen LogP contribution in [0.4, 0.5) is 0 Å². The van der Waals surface area contributed by atoms with Crippen LogP contribution >= 0.6 is 0 Å². The Hall–Kier alpha value is -2.12. The lowest BCUT2D eigenvalue weighted by atomic mass is 9.95. The SMILES string of the molecule is CCOc1ccccc1CN1CCNC(=O)[C@H]1CC(=O)NCC(C)(C)CO. The minimum absolute atomic E-state index is 0.0163. The highest BCUT2D eigenvalue weighted by Crippen LogP contribution is 2.22. The van der Waals surface area contributed by atoms with Crippen LogP contribution in [-0.4, -0.2) is 60.7 Å². The molecule has 0 bridgehead atoms. The zero-order chi connectivity index (χ0) is 19.9. The summed E-state index contributed by atoms with van der Waals surface area (Å²) in [5.74, 6) is 0.479. The van der Waals surface area contributed by atoms with Gasteiger partial charge in [-0.25, -0.2) is 0 Å². The standard InChI is InChI=1S/C20H31N3O4/c1-4-27-17-8-6-5-7-15(17)12-23-10-9-21-19(26)16(23)11-18(25)22-13-20(2,3)14-24/h5-8,16,24H,4,9-14H2,1-3H3,(H,21,26)(H,22,25)/t16-/m1/s1. The first-order valence-electron chi connectivity index (χ1n) is 9.46. The summed E-state index contributed by atoms with van der Waals surface area (Å²) in [6.07, 6.45) is 0.0874. The molecule has 0 spiro atoms. The predicted octanol–water partition coefficient (Wildman–Crippen LogP) is 0.911. The number of amides is 2. The van der Waals surface area contributed by atoms with E-state index in [4.69, 9.17) is 4.74 Å². The number of benzene rings is 1. The normalized spacial score (nSPS) is 18.1. The summed E-state index contributed by atoms with van der Waals surface area (Å²) in [5, 5.41) is 15.0. The fourth-order valence-electron chi connectivity index (χ4n) is 2.96. The van der Waals surface area contributed by atoms with Crippen molar-refractivity contribution in [1.82, 2.24) is 15.5 Å². The highest BCUT2D eigenvalue weighted by Gasteiger charge is 2.32. The molecule has 1 aliphatic rings. The Balaban J connectivity index is 2.04. The van der Waals surface area contributed by atoms with E-state index in [0.29, 0.717) is 32.8 Å². The molecule has 2 rings (SSSR count). The summed E-state index contributed by atoms with van der Waals surface area (Å²) in [6, 6.07) is 7.25. The van der Waals surface area contributed by atoms with Crippen LogP contribution in [0.2, 0.25) is 0 Å². The van der Waals surface area contributed by atoms with Crippen LogP contribution in [0.15, 0.2) is 24.3 Å². The molecule has 7 nitrogen and oxygen atoms in total. The molecular weight excluding hydrogens is 346 g/mol. The molecule has 0 aromatic heterocycles. The number of carbonyl (C=O) groups is 2. The fourth-order valence-corrected chi connectivity index (χ4v) is 2.96. The molecule has 1 atom stereocenters. The molecule has 1 aliphatic heterocycles. The average Bonchev–Trinajstić information content (AvgIpc) is 2.65. The van der Waals surface area contributed by atoms with E-state index in [1.807, 2.05) is 49.9 Å². The van der Waals surface area contributed by atoms with E-state index in [-0.39, 0.29) is 30.3 Å². The van der Waals surface area contributed by atoms with Crippen LogP contribution < -0.4 is 15.4 Å². The minimum Gasteiger partial charge on any atom is -0.494 e. The monoisotopic (exact) mass is 377 g/mol. The van der Waals surface area contributed by atoms with Crippen molar-refractivity contribution >= 4 is 11.8 Å². The first-order chi connectivity index (χ1) is 12.9. The predicted molar refractivity (Wildman–Crippen MR) is 103 cm³/mol. The second kappa shape index (κ2) is 9.71. The number of piperazine rings is 1. The quantitative estimate of drug-likeness (QED) is 0.595. The molecule has 1 aromatic rings. The molecular formula is C20H31N3O4. The number of aliphatic hydroxyl groups excluding tert-OH is 1. The number of para-hydroxylation sites is 1. The number of hydrogen-bond donors (Lipinski definition) is 3. The third-order valence-electron chi connectivity index (χ3n) is 4.66. The lowest BCUT2D eigenvalue weighted by Crippen LogP contribution is -2.56. The molecule has 1 fully saturated rings. The largest absolute Gasteiger partial charge is 0.494 e. The van der Waals surface area contributed by atoms with E-state index < -0.39 is 6.04 Å². The molecule has 0 unspecified atom stereocenters. The van der Waals surface area contributed by atoms with Gasteiger partial charge in [-0.1, -0.05) is 32.0 Å². The number of hydrogen-bond acceptors (Lipinski definition) is 5. The van der Waals surface area contributed by atoms with Gasteiger partial charge in [0.25, 0.3) is 0 Å². The van der Waals surface area contributed by atoms with Crippen LogP contribution in [0.5, 0.6) is 5.75 Å². The van der Waals surface area contributed by atoms with Crippen LogP contribution in [0.3, 0.4) is 0 Å². The zero-order valence-corrected chi connectivity index (χ0v) is 16.5. The number of ether oxygens (including phenoxy) is 1. The molecule has 1 heterocycles. The van der Waals surface area contributed by atoms with Gasteiger partial charge in [0.1, 0.15) is 5.75 Å². The molecule has 0 radical (unpaired) electrons. The van der Waals surface area contributed by atoms with E-state index in [1.54, 1.807) is 0 Å². The van der Waals surface area contributed by atoms with E-state index in [9.17, 15) is 14.7 Å². The van der Waals surface area contributed by atoms with Gasteiger partial charge in [-0.3, -0.25) is 14.5 Å². The Labute approximate surface area is 161 Å². The van der Waals surface area contributed by atoms with E-state index >= 15 is 0 Å². The van der Waals surface area contributed by atoms with Crippen LogP contribution in [-0.2, 0) is 16.1 Å². The Bertz CT molecular complexity index is 648. The molecule has 1 saturated heterocycles. The van der Waals surface area contributed by atoms with Crippen molar-refractivity contribution in [3.05, 3.63) is 29.8 Å². The maximum absolute atomic E-state index is 12.4. The third kappa shape index (κ3) is 6.22.